The van der Waals surface area contributed by atoms with Crippen LogP contribution in [0.25, 0.3) is 0 Å². The van der Waals surface area contributed by atoms with Gasteiger partial charge in [0.15, 0.2) is 0 Å². The Balaban J connectivity index is 2.38. The molecule has 0 spiro atoms. The molecule has 0 aromatic heterocycles. The molecule has 2 N–H and O–H groups in total. The fourth-order valence-electron chi connectivity index (χ4n) is 1.92. The largest absolute Gasteiger partial charge is 0.494 e. The van der Waals surface area contributed by atoms with E-state index in [1.54, 1.807) is 7.05 Å². The number of carbonyl (C=O) groups is 1. The summed E-state index contributed by atoms with van der Waals surface area (Å²) in [5.41, 5.74) is -0.833. The van der Waals surface area contributed by atoms with E-state index in [1.807, 2.05) is 37.3 Å². The molecule has 0 fully saturated rings. The first-order valence-electron chi connectivity index (χ1n) is 6.25. The number of rotatable bonds is 8. The molecule has 18 heavy (non-hydrogen) atoms. The molecule has 4 nitrogen and oxygen atoms in total. The highest BCUT2D eigenvalue weighted by Gasteiger charge is 2.34. The van der Waals surface area contributed by atoms with Crippen LogP contribution in [0.2, 0.25) is 0 Å². The van der Waals surface area contributed by atoms with Gasteiger partial charge in [-0.05, 0) is 38.4 Å². The van der Waals surface area contributed by atoms with E-state index in [9.17, 15) is 9.90 Å². The SMILES string of the molecule is CCC(CCCOc1ccccc1)(NC)C(=O)O. The molecule has 1 aromatic carbocycles. The van der Waals surface area contributed by atoms with Crippen molar-refractivity contribution in [3.8, 4) is 5.75 Å². The maximum Gasteiger partial charge on any atom is 0.323 e. The standard InChI is InChI=1S/C14H21NO3/c1-3-14(15-2,13(16)17)10-7-11-18-12-8-5-4-6-9-12/h4-6,8-9,15H,3,7,10-11H2,1-2H3,(H,16,17). The smallest absolute Gasteiger partial charge is 0.323 e. The zero-order valence-electron chi connectivity index (χ0n) is 11.0. The van der Waals surface area contributed by atoms with E-state index in [2.05, 4.69) is 5.32 Å². The summed E-state index contributed by atoms with van der Waals surface area (Å²) in [5.74, 6) is 0.0200. The minimum atomic E-state index is -0.833. The van der Waals surface area contributed by atoms with Gasteiger partial charge in [0.25, 0.3) is 0 Å². The van der Waals surface area contributed by atoms with Crippen LogP contribution in [0.3, 0.4) is 0 Å². The molecule has 0 bridgehead atoms. The summed E-state index contributed by atoms with van der Waals surface area (Å²) in [5, 5.41) is 12.1. The van der Waals surface area contributed by atoms with Crippen LogP contribution in [0.1, 0.15) is 26.2 Å². The van der Waals surface area contributed by atoms with Crippen molar-refractivity contribution in [3.63, 3.8) is 0 Å². The third-order valence-corrected chi connectivity index (χ3v) is 3.25. The van der Waals surface area contributed by atoms with Crippen molar-refractivity contribution in [2.45, 2.75) is 31.7 Å². The number of benzene rings is 1. The van der Waals surface area contributed by atoms with Crippen LogP contribution in [0.5, 0.6) is 5.75 Å². The molecule has 100 valence electrons. The Labute approximate surface area is 108 Å². The Morgan fingerprint density at radius 3 is 2.56 bits per heavy atom. The topological polar surface area (TPSA) is 58.6 Å². The molecule has 1 rings (SSSR count). The van der Waals surface area contributed by atoms with Crippen LogP contribution in [-0.2, 0) is 4.79 Å². The Hall–Kier alpha value is -1.55. The van der Waals surface area contributed by atoms with Gasteiger partial charge >= 0.3 is 5.97 Å². The zero-order chi connectivity index (χ0) is 13.4. The Kier molecular flexibility index (Phi) is 5.65. The monoisotopic (exact) mass is 251 g/mol. The second-order valence-electron chi connectivity index (χ2n) is 4.26. The number of likely N-dealkylation sites (N-methyl/N-ethyl adjacent to an activating group) is 1. The number of nitrogens with one attached hydrogen (secondary N) is 1. The zero-order valence-corrected chi connectivity index (χ0v) is 11.0. The van der Waals surface area contributed by atoms with Gasteiger partial charge in [-0.15, -0.1) is 0 Å². The van der Waals surface area contributed by atoms with Crippen LogP contribution < -0.4 is 10.1 Å². The Morgan fingerprint density at radius 1 is 1.39 bits per heavy atom. The predicted octanol–water partition coefficient (Wildman–Crippen LogP) is 2.30. The lowest BCUT2D eigenvalue weighted by atomic mass is 9.91. The van der Waals surface area contributed by atoms with Gasteiger partial charge in [-0.25, -0.2) is 0 Å². The van der Waals surface area contributed by atoms with Gasteiger partial charge < -0.3 is 15.2 Å². The average molecular weight is 251 g/mol. The molecule has 0 aliphatic heterocycles. The summed E-state index contributed by atoms with van der Waals surface area (Å²) in [7, 11) is 1.69. The summed E-state index contributed by atoms with van der Waals surface area (Å²) in [6, 6.07) is 9.54. The number of para-hydroxylation sites is 1. The van der Waals surface area contributed by atoms with E-state index in [4.69, 9.17) is 4.74 Å². The van der Waals surface area contributed by atoms with Crippen LogP contribution in [0.15, 0.2) is 30.3 Å². The van der Waals surface area contributed by atoms with Gasteiger partial charge in [-0.3, -0.25) is 4.79 Å². The quantitative estimate of drug-likeness (QED) is 0.696. The van der Waals surface area contributed by atoms with Gasteiger partial charge in [0, 0.05) is 0 Å². The molecule has 0 amide bonds. The van der Waals surface area contributed by atoms with Crippen molar-refractivity contribution in [1.29, 1.82) is 0 Å². The highest BCUT2D eigenvalue weighted by Crippen LogP contribution is 2.18. The lowest BCUT2D eigenvalue weighted by Crippen LogP contribution is -2.50. The molecule has 4 heteroatoms. The van der Waals surface area contributed by atoms with Crippen molar-refractivity contribution in [3.05, 3.63) is 30.3 Å². The number of hydrogen-bond donors (Lipinski definition) is 2. The normalized spacial score (nSPS) is 13.9. The van der Waals surface area contributed by atoms with Gasteiger partial charge in [0.1, 0.15) is 11.3 Å². The molecule has 1 aromatic rings. The first-order chi connectivity index (χ1) is 8.64. The van der Waals surface area contributed by atoms with Crippen molar-refractivity contribution >= 4 is 5.97 Å². The third-order valence-electron chi connectivity index (χ3n) is 3.25. The van der Waals surface area contributed by atoms with E-state index in [0.29, 0.717) is 25.9 Å². The van der Waals surface area contributed by atoms with E-state index in [-0.39, 0.29) is 0 Å². The summed E-state index contributed by atoms with van der Waals surface area (Å²) >= 11 is 0. The van der Waals surface area contributed by atoms with Crippen LogP contribution in [-0.4, -0.2) is 30.3 Å². The lowest BCUT2D eigenvalue weighted by molar-refractivity contribution is -0.145. The molecule has 0 saturated carbocycles. The Morgan fingerprint density at radius 2 is 2.06 bits per heavy atom. The van der Waals surface area contributed by atoms with Crippen LogP contribution in [0.4, 0.5) is 0 Å². The number of ether oxygens (including phenoxy) is 1. The number of carboxylic acids is 1. The van der Waals surface area contributed by atoms with E-state index in [1.165, 1.54) is 0 Å². The van der Waals surface area contributed by atoms with Crippen molar-refractivity contribution in [2.24, 2.45) is 0 Å². The number of carboxylic acid groups (broad SMARTS) is 1. The summed E-state index contributed by atoms with van der Waals surface area (Å²) < 4.78 is 5.55. The second-order valence-corrected chi connectivity index (χ2v) is 4.26. The number of aliphatic carboxylic acids is 1. The van der Waals surface area contributed by atoms with Crippen molar-refractivity contribution in [1.82, 2.24) is 5.32 Å². The first kappa shape index (κ1) is 14.5. The molecular weight excluding hydrogens is 230 g/mol. The summed E-state index contributed by atoms with van der Waals surface area (Å²) in [6.07, 6.45) is 1.82. The van der Waals surface area contributed by atoms with Gasteiger partial charge in [0.2, 0.25) is 0 Å². The summed E-state index contributed by atoms with van der Waals surface area (Å²) in [6.45, 7) is 2.41. The highest BCUT2D eigenvalue weighted by atomic mass is 16.5. The molecular formula is C14H21NO3. The fourth-order valence-corrected chi connectivity index (χ4v) is 1.92. The molecule has 0 aliphatic rings. The second kappa shape index (κ2) is 7.01. The summed E-state index contributed by atoms with van der Waals surface area (Å²) in [4.78, 5) is 11.2. The first-order valence-corrected chi connectivity index (χ1v) is 6.25. The van der Waals surface area contributed by atoms with Gasteiger partial charge in [0.05, 0.1) is 6.61 Å². The van der Waals surface area contributed by atoms with E-state index < -0.39 is 11.5 Å². The minimum absolute atomic E-state index is 0.528. The maximum absolute atomic E-state index is 11.2. The molecule has 1 atom stereocenters. The van der Waals surface area contributed by atoms with E-state index in [0.717, 1.165) is 5.75 Å². The molecule has 0 saturated heterocycles. The average Bonchev–Trinajstić information content (AvgIpc) is 2.40. The molecule has 0 heterocycles. The Bertz CT molecular complexity index is 361. The van der Waals surface area contributed by atoms with Gasteiger partial charge in [-0.2, -0.15) is 0 Å². The molecule has 1 unspecified atom stereocenters. The van der Waals surface area contributed by atoms with Gasteiger partial charge in [-0.1, -0.05) is 25.1 Å². The van der Waals surface area contributed by atoms with E-state index >= 15 is 0 Å². The van der Waals surface area contributed by atoms with Crippen molar-refractivity contribution in [2.75, 3.05) is 13.7 Å². The highest BCUT2D eigenvalue weighted by molar-refractivity contribution is 5.78. The third kappa shape index (κ3) is 3.74. The maximum atomic E-state index is 11.2. The van der Waals surface area contributed by atoms with Crippen LogP contribution >= 0.6 is 0 Å². The molecule has 0 aliphatic carbocycles. The number of hydrogen-bond acceptors (Lipinski definition) is 3. The minimum Gasteiger partial charge on any atom is -0.494 e. The fraction of sp³-hybridized carbons (Fsp3) is 0.500. The predicted molar refractivity (Wildman–Crippen MR) is 70.9 cm³/mol. The lowest BCUT2D eigenvalue weighted by Gasteiger charge is -2.27. The van der Waals surface area contributed by atoms with Crippen molar-refractivity contribution < 1.29 is 14.6 Å². The molecule has 0 radical (unpaired) electrons. The van der Waals surface area contributed by atoms with Crippen LogP contribution in [0, 0.1) is 0 Å².